The summed E-state index contributed by atoms with van der Waals surface area (Å²) in [5, 5.41) is 15.6. The second-order valence-electron chi connectivity index (χ2n) is 9.26. The molecule has 3 aliphatic rings. The van der Waals surface area contributed by atoms with Crippen LogP contribution in [0.1, 0.15) is 46.0 Å². The standard InChI is InChI=1S/C25H35N3O5S/c1-3-5-6-13-26-23(31)21-25-12-11-18(34-25)19(20(25)24(32)28(21)14-15-29)22(30)27-16-7-9-17(10-8-16)33-4-2/h7-10,18-21,29H,3-6,11-15H2,1-2H3,(H,26,31)(H,27,30)/t18-,19+,20+,21?,25?/m1/s1. The van der Waals surface area contributed by atoms with E-state index in [1.165, 1.54) is 4.90 Å². The normalized spacial score (nSPS) is 29.3. The number of anilines is 1. The molecule has 2 bridgehead atoms. The molecule has 3 amide bonds. The van der Waals surface area contributed by atoms with Crippen LogP contribution in [0.5, 0.6) is 5.75 Å². The van der Waals surface area contributed by atoms with E-state index in [0.717, 1.165) is 37.9 Å². The summed E-state index contributed by atoms with van der Waals surface area (Å²) in [7, 11) is 0. The number of thioether (sulfide) groups is 1. The Morgan fingerprint density at radius 2 is 1.97 bits per heavy atom. The number of aliphatic hydroxyl groups is 1. The molecule has 8 nitrogen and oxygen atoms in total. The maximum absolute atomic E-state index is 13.6. The van der Waals surface area contributed by atoms with E-state index >= 15 is 0 Å². The van der Waals surface area contributed by atoms with Crippen LogP contribution in [0.15, 0.2) is 24.3 Å². The number of hydrogen-bond donors (Lipinski definition) is 3. The van der Waals surface area contributed by atoms with E-state index in [4.69, 9.17) is 4.74 Å². The van der Waals surface area contributed by atoms with Gasteiger partial charge in [0.1, 0.15) is 11.8 Å². The molecule has 1 aromatic rings. The van der Waals surface area contributed by atoms with Crippen molar-refractivity contribution in [3.05, 3.63) is 24.3 Å². The quantitative estimate of drug-likeness (QED) is 0.412. The third kappa shape index (κ3) is 4.40. The molecule has 3 saturated heterocycles. The number of β-amino-alcohol motifs (C(OH)–C–C–N with tert-alkyl or cyclic N) is 1. The van der Waals surface area contributed by atoms with Crippen molar-refractivity contribution < 1.29 is 24.2 Å². The molecule has 3 fully saturated rings. The zero-order valence-electron chi connectivity index (χ0n) is 19.9. The Balaban J connectivity index is 1.54. The number of unbranched alkanes of at least 4 members (excludes halogenated alkanes) is 2. The Bertz CT molecular complexity index is 910. The van der Waals surface area contributed by atoms with E-state index in [-0.39, 0.29) is 36.1 Å². The Kier molecular flexibility index (Phi) is 7.72. The third-order valence-corrected chi connectivity index (χ3v) is 9.16. The summed E-state index contributed by atoms with van der Waals surface area (Å²) in [6.07, 6.45) is 4.50. The fraction of sp³-hybridized carbons (Fsp3) is 0.640. The highest BCUT2D eigenvalue weighted by atomic mass is 32.2. The maximum Gasteiger partial charge on any atom is 0.244 e. The fourth-order valence-electron chi connectivity index (χ4n) is 5.81. The first kappa shape index (κ1) is 24.9. The van der Waals surface area contributed by atoms with E-state index in [0.29, 0.717) is 18.8 Å². The van der Waals surface area contributed by atoms with Gasteiger partial charge >= 0.3 is 0 Å². The summed E-state index contributed by atoms with van der Waals surface area (Å²) in [5.41, 5.74) is 0.651. The summed E-state index contributed by atoms with van der Waals surface area (Å²) in [5.74, 6) is -0.873. The van der Waals surface area contributed by atoms with Crippen LogP contribution in [0.3, 0.4) is 0 Å². The number of benzene rings is 1. The molecule has 0 aromatic heterocycles. The molecule has 1 spiro atoms. The Hall–Kier alpha value is -2.26. The van der Waals surface area contributed by atoms with Crippen molar-refractivity contribution in [2.45, 2.75) is 62.0 Å². The second-order valence-corrected chi connectivity index (χ2v) is 10.9. The molecule has 0 aliphatic carbocycles. The van der Waals surface area contributed by atoms with Crippen molar-refractivity contribution in [2.24, 2.45) is 11.8 Å². The number of aliphatic hydroxyl groups excluding tert-OH is 1. The van der Waals surface area contributed by atoms with Crippen molar-refractivity contribution in [3.8, 4) is 5.75 Å². The molecule has 3 N–H and O–H groups in total. The van der Waals surface area contributed by atoms with Gasteiger partial charge in [0.25, 0.3) is 0 Å². The number of nitrogens with zero attached hydrogens (tertiary/aromatic N) is 1. The number of carbonyl (C=O) groups excluding carboxylic acids is 3. The van der Waals surface area contributed by atoms with Gasteiger partial charge in [0.2, 0.25) is 17.7 Å². The Labute approximate surface area is 205 Å². The van der Waals surface area contributed by atoms with Crippen LogP contribution in [0.4, 0.5) is 5.69 Å². The molecule has 9 heteroatoms. The van der Waals surface area contributed by atoms with Gasteiger partial charge < -0.3 is 25.4 Å². The number of hydrogen-bond acceptors (Lipinski definition) is 6. The van der Waals surface area contributed by atoms with Gasteiger partial charge in [-0.15, -0.1) is 11.8 Å². The number of carbonyl (C=O) groups is 3. The lowest BCUT2D eigenvalue weighted by atomic mass is 9.70. The molecule has 0 radical (unpaired) electrons. The molecule has 1 aromatic carbocycles. The van der Waals surface area contributed by atoms with Gasteiger partial charge in [-0.3, -0.25) is 14.4 Å². The Morgan fingerprint density at radius 3 is 2.65 bits per heavy atom. The summed E-state index contributed by atoms with van der Waals surface area (Å²) in [4.78, 5) is 41.8. The molecule has 0 saturated carbocycles. The minimum Gasteiger partial charge on any atom is -0.494 e. The highest BCUT2D eigenvalue weighted by Crippen LogP contribution is 2.66. The zero-order chi connectivity index (χ0) is 24.3. The molecule has 2 unspecified atom stereocenters. The topological polar surface area (TPSA) is 108 Å². The predicted octanol–water partition coefficient (Wildman–Crippen LogP) is 2.41. The zero-order valence-corrected chi connectivity index (χ0v) is 20.7. The molecule has 3 heterocycles. The molecule has 4 rings (SSSR count). The maximum atomic E-state index is 13.6. The van der Waals surface area contributed by atoms with Gasteiger partial charge in [0, 0.05) is 24.0 Å². The lowest BCUT2D eigenvalue weighted by molar-refractivity contribution is -0.139. The fourth-order valence-corrected chi connectivity index (χ4v) is 8.03. The number of rotatable bonds is 11. The highest BCUT2D eigenvalue weighted by molar-refractivity contribution is 8.02. The number of ether oxygens (including phenoxy) is 1. The second kappa shape index (κ2) is 10.6. The van der Waals surface area contributed by atoms with Crippen molar-refractivity contribution in [1.82, 2.24) is 10.2 Å². The molecule has 186 valence electrons. The smallest absolute Gasteiger partial charge is 0.244 e. The van der Waals surface area contributed by atoms with Crippen LogP contribution in [0, 0.1) is 11.8 Å². The number of nitrogens with one attached hydrogen (secondary N) is 2. The average molecular weight is 490 g/mol. The SMILES string of the molecule is CCCCCNC(=O)C1N(CCO)C(=O)[C@@H]2[C@@H](C(=O)Nc3ccc(OCC)cc3)[C@H]3CCC12S3. The Morgan fingerprint density at radius 1 is 1.21 bits per heavy atom. The highest BCUT2D eigenvalue weighted by Gasteiger charge is 2.73. The van der Waals surface area contributed by atoms with Crippen molar-refractivity contribution in [1.29, 1.82) is 0 Å². The summed E-state index contributed by atoms with van der Waals surface area (Å²) >= 11 is 1.63. The van der Waals surface area contributed by atoms with Crippen LogP contribution in [0.2, 0.25) is 0 Å². The molecular weight excluding hydrogens is 454 g/mol. The van der Waals surface area contributed by atoms with E-state index in [1.54, 1.807) is 36.0 Å². The van der Waals surface area contributed by atoms with Crippen LogP contribution < -0.4 is 15.4 Å². The van der Waals surface area contributed by atoms with E-state index in [2.05, 4.69) is 17.6 Å². The molecule has 34 heavy (non-hydrogen) atoms. The minimum absolute atomic E-state index is 0.00307. The minimum atomic E-state index is -0.656. The van der Waals surface area contributed by atoms with E-state index in [9.17, 15) is 19.5 Å². The van der Waals surface area contributed by atoms with Gasteiger partial charge in [0.05, 0.1) is 29.8 Å². The van der Waals surface area contributed by atoms with Crippen LogP contribution in [-0.4, -0.2) is 70.1 Å². The predicted molar refractivity (Wildman–Crippen MR) is 132 cm³/mol. The first-order valence-electron chi connectivity index (χ1n) is 12.4. The largest absolute Gasteiger partial charge is 0.494 e. The lowest BCUT2D eigenvalue weighted by Gasteiger charge is -2.34. The van der Waals surface area contributed by atoms with Crippen LogP contribution >= 0.6 is 11.8 Å². The first-order valence-corrected chi connectivity index (χ1v) is 13.2. The summed E-state index contributed by atoms with van der Waals surface area (Å²) < 4.78 is 4.84. The van der Waals surface area contributed by atoms with Crippen LogP contribution in [-0.2, 0) is 14.4 Å². The average Bonchev–Trinajstić information content (AvgIpc) is 3.46. The monoisotopic (exact) mass is 489 g/mol. The van der Waals surface area contributed by atoms with Gasteiger partial charge in [0.15, 0.2) is 0 Å². The number of amides is 3. The van der Waals surface area contributed by atoms with E-state index in [1.807, 2.05) is 6.92 Å². The van der Waals surface area contributed by atoms with Crippen molar-refractivity contribution in [2.75, 3.05) is 31.6 Å². The van der Waals surface area contributed by atoms with Gasteiger partial charge in [-0.25, -0.2) is 0 Å². The number of fused-ring (bicyclic) bond motifs is 1. The van der Waals surface area contributed by atoms with Crippen LogP contribution in [0.25, 0.3) is 0 Å². The van der Waals surface area contributed by atoms with Crippen molar-refractivity contribution >= 4 is 35.2 Å². The van der Waals surface area contributed by atoms with Gasteiger partial charge in [-0.1, -0.05) is 19.8 Å². The molecular formula is C25H35N3O5S. The first-order chi connectivity index (χ1) is 16.5. The van der Waals surface area contributed by atoms with Gasteiger partial charge in [-0.2, -0.15) is 0 Å². The summed E-state index contributed by atoms with van der Waals surface area (Å²) in [6, 6.07) is 6.54. The van der Waals surface area contributed by atoms with Crippen molar-refractivity contribution in [3.63, 3.8) is 0 Å². The lowest BCUT2D eigenvalue weighted by Crippen LogP contribution is -2.54. The summed E-state index contributed by atoms with van der Waals surface area (Å²) in [6.45, 7) is 5.04. The molecule has 5 atom stereocenters. The third-order valence-electron chi connectivity index (χ3n) is 7.20. The van der Waals surface area contributed by atoms with E-state index < -0.39 is 22.6 Å². The van der Waals surface area contributed by atoms with Gasteiger partial charge in [-0.05, 0) is 50.5 Å². The molecule has 3 aliphatic heterocycles. The number of likely N-dealkylation sites (tertiary alicyclic amines) is 1.